The molecule has 0 N–H and O–H groups in total. The zero-order valence-corrected chi connectivity index (χ0v) is 10.8. The molecule has 0 aliphatic heterocycles. The first-order chi connectivity index (χ1) is 7.72. The van der Waals surface area contributed by atoms with Gasteiger partial charge in [-0.25, -0.2) is 0 Å². The van der Waals surface area contributed by atoms with E-state index in [2.05, 4.69) is 36.4 Å². The van der Waals surface area contributed by atoms with Crippen LogP contribution in [0.1, 0.15) is 31.2 Å². The summed E-state index contributed by atoms with van der Waals surface area (Å²) in [5.41, 5.74) is 1.37. The molecule has 86 valence electrons. The number of anilines is 1. The Bertz CT molecular complexity index is 383. The minimum atomic E-state index is 0.300. The number of thiophene rings is 1. The maximum atomic E-state index is 8.88. The maximum absolute atomic E-state index is 8.88. The molecule has 3 heteroatoms. The Balaban J connectivity index is 2.00. The minimum absolute atomic E-state index is 0.300. The fourth-order valence-corrected chi connectivity index (χ4v) is 3.45. The van der Waals surface area contributed by atoms with Gasteiger partial charge in [0.15, 0.2) is 0 Å². The molecule has 0 aromatic carbocycles. The van der Waals surface area contributed by atoms with Crippen molar-refractivity contribution in [3.8, 4) is 6.07 Å². The number of hydrogen-bond donors (Lipinski definition) is 0. The Kier molecular flexibility index (Phi) is 3.50. The molecule has 0 unspecified atom stereocenters. The number of nitrogens with zero attached hydrogens (tertiary/aromatic N) is 2. The third kappa shape index (κ3) is 2.22. The molecule has 1 saturated carbocycles. The number of hydrogen-bond acceptors (Lipinski definition) is 3. The second kappa shape index (κ2) is 4.88. The Labute approximate surface area is 102 Å². The van der Waals surface area contributed by atoms with E-state index in [1.165, 1.54) is 10.6 Å². The largest absolute Gasteiger partial charge is 0.363 e. The van der Waals surface area contributed by atoms with Gasteiger partial charge in [0.2, 0.25) is 0 Å². The number of aryl methyl sites for hydroxylation is 1. The highest BCUT2D eigenvalue weighted by atomic mass is 32.1. The van der Waals surface area contributed by atoms with Gasteiger partial charge in [-0.3, -0.25) is 0 Å². The molecule has 2 rings (SSSR count). The summed E-state index contributed by atoms with van der Waals surface area (Å²) in [7, 11) is 2.19. The Morgan fingerprint density at radius 3 is 2.56 bits per heavy atom. The van der Waals surface area contributed by atoms with E-state index >= 15 is 0 Å². The lowest BCUT2D eigenvalue weighted by molar-refractivity contribution is 0.373. The molecule has 1 fully saturated rings. The van der Waals surface area contributed by atoms with Crippen molar-refractivity contribution in [1.82, 2.24) is 0 Å². The van der Waals surface area contributed by atoms with Crippen LogP contribution in [0.5, 0.6) is 0 Å². The van der Waals surface area contributed by atoms with Gasteiger partial charge < -0.3 is 4.90 Å². The molecule has 16 heavy (non-hydrogen) atoms. The second-order valence-corrected chi connectivity index (χ2v) is 5.55. The van der Waals surface area contributed by atoms with Gasteiger partial charge in [-0.05, 0) is 49.6 Å². The van der Waals surface area contributed by atoms with Crippen molar-refractivity contribution in [3.63, 3.8) is 0 Å². The molecule has 1 heterocycles. The first kappa shape index (κ1) is 11.5. The zero-order valence-electron chi connectivity index (χ0n) is 9.94. The van der Waals surface area contributed by atoms with Crippen molar-refractivity contribution < 1.29 is 0 Å². The molecule has 1 aliphatic rings. The zero-order chi connectivity index (χ0) is 11.5. The van der Waals surface area contributed by atoms with Crippen molar-refractivity contribution in [2.75, 3.05) is 11.9 Å². The van der Waals surface area contributed by atoms with Crippen LogP contribution in [0.2, 0.25) is 0 Å². The first-order valence-electron chi connectivity index (χ1n) is 5.89. The van der Waals surface area contributed by atoms with Gasteiger partial charge in [0.05, 0.1) is 11.1 Å². The molecule has 2 nitrogen and oxygen atoms in total. The highest BCUT2D eigenvalue weighted by Crippen LogP contribution is 2.33. The summed E-state index contributed by atoms with van der Waals surface area (Å²) in [5, 5.41) is 12.4. The van der Waals surface area contributed by atoms with Crippen LogP contribution in [0.25, 0.3) is 0 Å². The summed E-state index contributed by atoms with van der Waals surface area (Å²) in [6.45, 7) is 2.17. The topological polar surface area (TPSA) is 27.0 Å². The normalized spacial score (nSPS) is 25.1. The molecular weight excluding hydrogens is 216 g/mol. The summed E-state index contributed by atoms with van der Waals surface area (Å²) in [6.07, 6.45) is 4.45. The van der Waals surface area contributed by atoms with Gasteiger partial charge in [0.1, 0.15) is 0 Å². The minimum Gasteiger partial charge on any atom is -0.363 e. The molecule has 0 radical (unpaired) electrons. The van der Waals surface area contributed by atoms with E-state index in [4.69, 9.17) is 5.26 Å². The average molecular weight is 234 g/mol. The third-order valence-electron chi connectivity index (χ3n) is 3.58. The van der Waals surface area contributed by atoms with Crippen LogP contribution in [0.3, 0.4) is 0 Å². The summed E-state index contributed by atoms with van der Waals surface area (Å²) in [4.78, 5) is 2.41. The van der Waals surface area contributed by atoms with E-state index < -0.39 is 0 Å². The summed E-state index contributed by atoms with van der Waals surface area (Å²) in [5.74, 6) is 0.300. The lowest BCUT2D eigenvalue weighted by Crippen LogP contribution is -2.34. The van der Waals surface area contributed by atoms with E-state index in [9.17, 15) is 0 Å². The lowest BCUT2D eigenvalue weighted by atomic mass is 9.86. The summed E-state index contributed by atoms with van der Waals surface area (Å²) >= 11 is 1.82. The Morgan fingerprint density at radius 2 is 2.06 bits per heavy atom. The van der Waals surface area contributed by atoms with Crippen molar-refractivity contribution in [3.05, 3.63) is 17.0 Å². The molecular formula is C13H18N2S. The van der Waals surface area contributed by atoms with Crippen molar-refractivity contribution >= 4 is 16.3 Å². The second-order valence-electron chi connectivity index (χ2n) is 4.65. The standard InChI is InChI=1S/C13H18N2S/c1-10-7-8-16-13(10)15(2)12-5-3-11(9-14)4-6-12/h7-8,11-12H,3-6H2,1-2H3. The van der Waals surface area contributed by atoms with Gasteiger partial charge >= 0.3 is 0 Å². The SMILES string of the molecule is Cc1ccsc1N(C)C1CCC(C#N)CC1. The van der Waals surface area contributed by atoms with Crippen LogP contribution >= 0.6 is 11.3 Å². The maximum Gasteiger partial charge on any atom is 0.0938 e. The van der Waals surface area contributed by atoms with Crippen LogP contribution < -0.4 is 4.90 Å². The quantitative estimate of drug-likeness (QED) is 0.782. The van der Waals surface area contributed by atoms with Crippen LogP contribution in [-0.4, -0.2) is 13.1 Å². The van der Waals surface area contributed by atoms with E-state index in [1.54, 1.807) is 0 Å². The lowest BCUT2D eigenvalue weighted by Gasteiger charge is -2.33. The van der Waals surface area contributed by atoms with E-state index in [0.717, 1.165) is 25.7 Å². The van der Waals surface area contributed by atoms with Crippen LogP contribution in [0.15, 0.2) is 11.4 Å². The molecule has 0 atom stereocenters. The number of nitriles is 1. The predicted molar refractivity (Wildman–Crippen MR) is 68.8 cm³/mol. The fraction of sp³-hybridized carbons (Fsp3) is 0.615. The highest BCUT2D eigenvalue weighted by molar-refractivity contribution is 7.14. The predicted octanol–water partition coefficient (Wildman–Crippen LogP) is 3.58. The fourth-order valence-electron chi connectivity index (χ4n) is 2.48. The Hall–Kier alpha value is -1.01. The van der Waals surface area contributed by atoms with Gasteiger partial charge in [-0.2, -0.15) is 5.26 Å². The molecule has 1 aliphatic carbocycles. The van der Waals surface area contributed by atoms with Crippen LogP contribution in [0, 0.1) is 24.2 Å². The van der Waals surface area contributed by atoms with E-state index in [-0.39, 0.29) is 0 Å². The molecule has 1 aromatic heterocycles. The first-order valence-corrected chi connectivity index (χ1v) is 6.77. The highest BCUT2D eigenvalue weighted by Gasteiger charge is 2.24. The molecule has 0 spiro atoms. The monoisotopic (exact) mass is 234 g/mol. The van der Waals surface area contributed by atoms with Crippen molar-refractivity contribution in [2.45, 2.75) is 38.6 Å². The average Bonchev–Trinajstić information content (AvgIpc) is 2.75. The van der Waals surface area contributed by atoms with Crippen molar-refractivity contribution in [2.24, 2.45) is 5.92 Å². The Morgan fingerprint density at radius 1 is 1.38 bits per heavy atom. The smallest absolute Gasteiger partial charge is 0.0938 e. The van der Waals surface area contributed by atoms with Crippen LogP contribution in [-0.2, 0) is 0 Å². The summed E-state index contributed by atoms with van der Waals surface area (Å²) in [6, 6.07) is 5.20. The van der Waals surface area contributed by atoms with Gasteiger partial charge in [0, 0.05) is 19.0 Å². The van der Waals surface area contributed by atoms with Gasteiger partial charge in [0.25, 0.3) is 0 Å². The third-order valence-corrected chi connectivity index (χ3v) is 4.69. The van der Waals surface area contributed by atoms with E-state index in [0.29, 0.717) is 12.0 Å². The van der Waals surface area contributed by atoms with Gasteiger partial charge in [-0.15, -0.1) is 11.3 Å². The molecule has 1 aromatic rings. The van der Waals surface area contributed by atoms with Crippen LogP contribution in [0.4, 0.5) is 5.00 Å². The van der Waals surface area contributed by atoms with E-state index in [1.807, 2.05) is 11.3 Å². The van der Waals surface area contributed by atoms with Gasteiger partial charge in [-0.1, -0.05) is 0 Å². The van der Waals surface area contributed by atoms with Crippen molar-refractivity contribution in [1.29, 1.82) is 5.26 Å². The number of rotatable bonds is 2. The molecule has 0 saturated heterocycles. The molecule has 0 amide bonds. The molecule has 0 bridgehead atoms. The summed E-state index contributed by atoms with van der Waals surface area (Å²) < 4.78 is 0.